The normalized spacial score (nSPS) is 16.1. The number of nitrogens with one attached hydrogen (secondary N) is 1. The van der Waals surface area contributed by atoms with Gasteiger partial charge in [0.05, 0.1) is 112 Å². The lowest BCUT2D eigenvalue weighted by Crippen LogP contribution is -2.51. The summed E-state index contributed by atoms with van der Waals surface area (Å²) in [6, 6.07) is 76.6. The van der Waals surface area contributed by atoms with Crippen molar-refractivity contribution in [1.29, 1.82) is 0 Å². The Morgan fingerprint density at radius 3 is 0.985 bits per heavy atom. The van der Waals surface area contributed by atoms with E-state index in [-0.39, 0.29) is 78.0 Å². The van der Waals surface area contributed by atoms with Crippen LogP contribution in [0.1, 0.15) is 97.9 Å². The van der Waals surface area contributed by atoms with Crippen LogP contribution in [0.25, 0.3) is 0 Å². The predicted octanol–water partition coefficient (Wildman–Crippen LogP) is 25.3. The fraction of sp³-hybridized carbons (Fsp3) is 0.260. The Morgan fingerprint density at radius 2 is 0.652 bits per heavy atom. The molecule has 12 aromatic rings. The van der Waals surface area contributed by atoms with Crippen molar-refractivity contribution in [3.05, 3.63) is 377 Å². The topological polar surface area (TPSA) is 142 Å². The van der Waals surface area contributed by atoms with E-state index in [0.717, 1.165) is 84.1 Å². The number of aryl methyl sites for hydroxylation is 4. The molecular formula is C104H99Cl10F2N9O7. The van der Waals surface area contributed by atoms with Crippen LogP contribution in [0.3, 0.4) is 0 Å². The summed E-state index contributed by atoms with van der Waals surface area (Å²) in [4.78, 5) is 80.3. The second-order valence-electron chi connectivity index (χ2n) is 32.9. The summed E-state index contributed by atoms with van der Waals surface area (Å²) in [7, 11) is 3.18. The van der Waals surface area contributed by atoms with Gasteiger partial charge in [0.15, 0.2) is 11.5 Å². The summed E-state index contributed by atoms with van der Waals surface area (Å²) >= 11 is 62.8. The number of amides is 5. The second kappa shape index (κ2) is 46.0. The first kappa shape index (κ1) is 99.0. The van der Waals surface area contributed by atoms with Gasteiger partial charge in [-0.15, -0.1) is 0 Å². The highest BCUT2D eigenvalue weighted by Gasteiger charge is 2.38. The molecule has 4 aliphatic heterocycles. The Kier molecular flexibility index (Phi) is 34.5. The van der Waals surface area contributed by atoms with E-state index in [0.29, 0.717) is 153 Å². The molecule has 0 spiro atoms. The summed E-state index contributed by atoms with van der Waals surface area (Å²) in [5, 5.41) is 8.58. The maximum absolute atomic E-state index is 14.3. The molecule has 132 heavy (non-hydrogen) atoms. The lowest BCUT2D eigenvalue weighted by atomic mass is 10.00. The number of carbonyl (C=O) groups is 5. The number of hydrogen-bond acceptors (Lipinski definition) is 11. The van der Waals surface area contributed by atoms with E-state index < -0.39 is 11.6 Å². The van der Waals surface area contributed by atoms with Gasteiger partial charge >= 0.3 is 0 Å². The summed E-state index contributed by atoms with van der Waals surface area (Å²) < 4.78 is 39.4. The highest BCUT2D eigenvalue weighted by atomic mass is 35.5. The van der Waals surface area contributed by atoms with Crippen molar-refractivity contribution in [3.63, 3.8) is 0 Å². The van der Waals surface area contributed by atoms with Crippen molar-refractivity contribution in [2.75, 3.05) is 118 Å². The van der Waals surface area contributed by atoms with Crippen molar-refractivity contribution in [2.45, 2.75) is 84.5 Å². The number of methoxy groups -OCH3 is 2. The zero-order chi connectivity index (χ0) is 94.1. The molecule has 0 aromatic heterocycles. The van der Waals surface area contributed by atoms with Crippen LogP contribution < -0.4 is 34.4 Å². The van der Waals surface area contributed by atoms with Crippen LogP contribution in [0.15, 0.2) is 249 Å². The van der Waals surface area contributed by atoms with Crippen LogP contribution in [0.2, 0.25) is 50.2 Å². The van der Waals surface area contributed by atoms with Crippen LogP contribution in [-0.4, -0.2) is 142 Å². The Labute approximate surface area is 820 Å². The largest absolute Gasteiger partial charge is 0.493 e. The van der Waals surface area contributed by atoms with Crippen molar-refractivity contribution in [1.82, 2.24) is 19.6 Å². The van der Waals surface area contributed by atoms with Gasteiger partial charge in [-0.05, 0) is 228 Å². The lowest BCUT2D eigenvalue weighted by Gasteiger charge is -2.43. The van der Waals surface area contributed by atoms with Crippen molar-refractivity contribution >= 4 is 174 Å². The maximum atomic E-state index is 14.3. The molecule has 0 bridgehead atoms. The van der Waals surface area contributed by atoms with Gasteiger partial charge in [0.2, 0.25) is 29.5 Å². The quantitative estimate of drug-likeness (QED) is 0.0827. The fourth-order valence-corrected chi connectivity index (χ4v) is 19.2. The van der Waals surface area contributed by atoms with E-state index in [1.54, 1.807) is 36.2 Å². The van der Waals surface area contributed by atoms with Gasteiger partial charge in [0.25, 0.3) is 0 Å². The Morgan fingerprint density at radius 1 is 0.333 bits per heavy atom. The number of carbonyl (C=O) groups excluding carboxylic acids is 5. The van der Waals surface area contributed by atoms with E-state index >= 15 is 0 Å². The van der Waals surface area contributed by atoms with Crippen molar-refractivity contribution in [3.8, 4) is 11.5 Å². The molecule has 12 aromatic carbocycles. The summed E-state index contributed by atoms with van der Waals surface area (Å²) in [6.45, 7) is 16.3. The SMILES string of the molecule is CC(=O)Nc1ccc(CC(=O)N2CCN(c3ccc(C)cc3Cl)C(c3ccc(Cl)cc3)C2)cc1.COc1cccc(CC(=O)N2CCN(c3ccc(C)cc3Cl)C(c3ccc(Cl)cc3)C2)c1OC.Cc1ccc(N2CCN(C(=O)Cc3cc(Cl)ccc3F)CC2c2ccc(Cl)cc2)c(Cl)c1.Cc1ccc(N2CCN(C(=O)Cc3cccc(Cl)c3F)CC2c2ccc(Cl)cc2)c(Cl)c1. The minimum absolute atomic E-state index is 0.0215. The molecule has 1 N–H and O–H groups in total. The van der Waals surface area contributed by atoms with Crippen LogP contribution >= 0.6 is 116 Å². The van der Waals surface area contributed by atoms with Gasteiger partial charge in [0.1, 0.15) is 11.6 Å². The van der Waals surface area contributed by atoms with Crippen LogP contribution in [0, 0.1) is 39.3 Å². The number of ether oxygens (including phenoxy) is 2. The second-order valence-corrected chi connectivity index (χ2v) is 37.1. The first-order valence-corrected chi connectivity index (χ1v) is 46.8. The van der Waals surface area contributed by atoms with E-state index in [1.165, 1.54) is 31.2 Å². The summed E-state index contributed by atoms with van der Waals surface area (Å²) in [5.41, 5.74) is 15.4. The summed E-state index contributed by atoms with van der Waals surface area (Å²) in [6.07, 6.45) is 0.466. The molecule has 4 fully saturated rings. The maximum Gasteiger partial charge on any atom is 0.227 e. The third-order valence-corrected chi connectivity index (χ3v) is 26.5. The Bertz CT molecular complexity index is 5960. The average Bonchev–Trinajstić information content (AvgIpc) is 0.795. The molecule has 686 valence electrons. The number of halogens is 12. The van der Waals surface area contributed by atoms with E-state index in [2.05, 4.69) is 49.2 Å². The lowest BCUT2D eigenvalue weighted by molar-refractivity contribution is -0.132. The number of para-hydroxylation sites is 1. The fourth-order valence-electron chi connectivity index (χ4n) is 16.9. The summed E-state index contributed by atoms with van der Waals surface area (Å²) in [5.74, 6) is -0.0449. The van der Waals surface area contributed by atoms with Gasteiger partial charge in [-0.25, -0.2) is 8.78 Å². The van der Waals surface area contributed by atoms with Crippen molar-refractivity contribution in [2.24, 2.45) is 0 Å². The Balaban J connectivity index is 0.000000150. The van der Waals surface area contributed by atoms with Crippen LogP contribution in [0.4, 0.5) is 37.2 Å². The predicted molar refractivity (Wildman–Crippen MR) is 535 cm³/mol. The minimum atomic E-state index is -0.540. The van der Waals surface area contributed by atoms with E-state index in [4.69, 9.17) is 125 Å². The standard InChI is InChI=1S/C27H27Cl2N3O2.C27H28Cl2N2O3.2C25H22Cl3FN2O/c1-18-3-12-25(24(29)15-18)32-14-13-31(17-26(32)21-6-8-22(28)9-7-21)27(34)16-20-4-10-23(11-5-20)30-19(2)33;1-18-7-12-23(22(29)15-18)31-14-13-30(17-24(31)19-8-10-21(28)11-9-19)26(32)16-20-5-4-6-25(33-2)27(20)34-3;1-16-2-9-23(21(28)12-16)31-11-10-30(15-24(31)17-3-5-19(26)6-4-17)25(32)14-18-13-20(27)7-8-22(18)29;1-16-5-10-22(21(28)13-16)31-12-11-30(15-23(31)17-6-8-19(26)9-7-17)24(32)14-18-3-2-4-20(27)25(18)29/h3-12,15,26H,13-14,16-17H2,1-2H3,(H,30,33);4-12,15,24H,13-14,16-17H2,1-3H3;2-9,12-13,24H,10-11,14-15H2,1H3;2-10,13,23H,11-12,14-15H2,1H3. The van der Waals surface area contributed by atoms with Gasteiger partial charge < -0.3 is 54.0 Å². The highest BCUT2D eigenvalue weighted by molar-refractivity contribution is 6.35. The van der Waals surface area contributed by atoms with Gasteiger partial charge in [-0.3, -0.25) is 24.0 Å². The number of nitrogens with zero attached hydrogens (tertiary/aromatic N) is 8. The molecule has 4 heterocycles. The minimum Gasteiger partial charge on any atom is -0.493 e. The molecule has 16 nitrogen and oxygen atoms in total. The smallest absolute Gasteiger partial charge is 0.227 e. The molecule has 4 unspecified atom stereocenters. The van der Waals surface area contributed by atoms with Crippen LogP contribution in [-0.2, 0) is 49.7 Å². The molecule has 0 radical (unpaired) electrons. The molecule has 16 rings (SSSR count). The molecule has 5 amide bonds. The molecule has 28 heteroatoms. The van der Waals surface area contributed by atoms with Gasteiger partial charge in [0, 0.05) is 122 Å². The highest BCUT2D eigenvalue weighted by Crippen LogP contribution is 2.43. The van der Waals surface area contributed by atoms with Crippen molar-refractivity contribution < 1.29 is 42.2 Å². The number of anilines is 5. The van der Waals surface area contributed by atoms with Gasteiger partial charge in [-0.1, -0.05) is 225 Å². The van der Waals surface area contributed by atoms with E-state index in [1.807, 2.05) is 226 Å². The molecule has 4 aliphatic rings. The molecule has 4 atom stereocenters. The molecule has 0 saturated carbocycles. The first-order chi connectivity index (χ1) is 63.3. The zero-order valence-corrected chi connectivity index (χ0v) is 81.3. The number of piperazine rings is 4. The first-order valence-electron chi connectivity index (χ1n) is 43.0. The monoisotopic (exact) mass is 1970 g/mol. The number of hydrogen-bond donors (Lipinski definition) is 1. The van der Waals surface area contributed by atoms with Crippen LogP contribution in [0.5, 0.6) is 11.5 Å². The molecular weight excluding hydrogens is 1880 g/mol. The average molecular weight is 1980 g/mol. The number of rotatable bonds is 19. The van der Waals surface area contributed by atoms with Gasteiger partial charge in [-0.2, -0.15) is 0 Å². The van der Waals surface area contributed by atoms with E-state index in [9.17, 15) is 32.8 Å². The third kappa shape index (κ3) is 25.5. The molecule has 0 aliphatic carbocycles. The molecule has 4 saturated heterocycles. The zero-order valence-electron chi connectivity index (χ0n) is 73.8. The number of benzene rings is 12. The Hall–Kier alpha value is -10.5. The third-order valence-electron chi connectivity index (χ3n) is 23.8.